The first-order valence-corrected chi connectivity index (χ1v) is 4.80. The zero-order chi connectivity index (χ0) is 8.88. The minimum Gasteiger partial charge on any atom is -0.344 e. The molecule has 0 spiro atoms. The summed E-state index contributed by atoms with van der Waals surface area (Å²) in [6.45, 7) is 9.14. The van der Waals surface area contributed by atoms with Crippen molar-refractivity contribution < 1.29 is 0 Å². The van der Waals surface area contributed by atoms with E-state index in [0.717, 1.165) is 0 Å². The predicted octanol–water partition coefficient (Wildman–Crippen LogP) is 4.08. The van der Waals surface area contributed by atoms with Gasteiger partial charge in [-0.15, -0.1) is 0 Å². The topological polar surface area (TPSA) is 35.0 Å². The van der Waals surface area contributed by atoms with Crippen LogP contribution in [0.4, 0.5) is 0 Å². The Labute approximate surface area is 80.8 Å². The highest BCUT2D eigenvalue weighted by atomic mass is 14.3. The second-order valence-electron chi connectivity index (χ2n) is 4.30. The van der Waals surface area contributed by atoms with Gasteiger partial charge in [-0.1, -0.05) is 39.8 Å². The summed E-state index contributed by atoms with van der Waals surface area (Å²) in [5.74, 6) is 1.40. The molecule has 1 nitrogen and oxygen atoms in total. The van der Waals surface area contributed by atoms with Crippen LogP contribution in [0.5, 0.6) is 0 Å². The molecule has 2 rings (SSSR count). The molecule has 2 aliphatic rings. The summed E-state index contributed by atoms with van der Waals surface area (Å²) < 4.78 is 0. The van der Waals surface area contributed by atoms with Crippen molar-refractivity contribution in [2.45, 2.75) is 39.5 Å². The predicted molar refractivity (Wildman–Crippen MR) is 58.6 cm³/mol. The van der Waals surface area contributed by atoms with Gasteiger partial charge in [0.15, 0.2) is 0 Å². The summed E-state index contributed by atoms with van der Waals surface area (Å²) in [7, 11) is 0. The zero-order valence-corrected chi connectivity index (χ0v) is 9.02. The summed E-state index contributed by atoms with van der Waals surface area (Å²) in [5, 5.41) is 0. The maximum atomic E-state index is 2.29. The molecule has 13 heavy (non-hydrogen) atoms. The molecule has 0 saturated heterocycles. The van der Waals surface area contributed by atoms with Crippen LogP contribution in [0.15, 0.2) is 12.1 Å². The van der Waals surface area contributed by atoms with Gasteiger partial charge in [-0.05, 0) is 34.1 Å². The van der Waals surface area contributed by atoms with Crippen LogP contribution in [0.1, 0.15) is 50.7 Å². The van der Waals surface area contributed by atoms with Gasteiger partial charge in [-0.3, -0.25) is 0 Å². The van der Waals surface area contributed by atoms with E-state index in [4.69, 9.17) is 0 Å². The first-order valence-electron chi connectivity index (χ1n) is 4.80. The van der Waals surface area contributed by atoms with Gasteiger partial charge in [-0.2, -0.15) is 0 Å². The lowest BCUT2D eigenvalue weighted by atomic mass is 9.71. The average molecular weight is 177 g/mol. The third-order valence-corrected chi connectivity index (χ3v) is 2.73. The molecule has 0 aromatic carbocycles. The van der Waals surface area contributed by atoms with E-state index in [2.05, 4.69) is 39.8 Å². The van der Waals surface area contributed by atoms with Crippen molar-refractivity contribution in [3.8, 4) is 11.1 Å². The van der Waals surface area contributed by atoms with E-state index in [-0.39, 0.29) is 6.15 Å². The van der Waals surface area contributed by atoms with E-state index >= 15 is 0 Å². The average Bonchev–Trinajstić information content (AvgIpc) is 1.91. The third-order valence-electron chi connectivity index (χ3n) is 2.73. The van der Waals surface area contributed by atoms with Gasteiger partial charge in [0.1, 0.15) is 0 Å². The van der Waals surface area contributed by atoms with Crippen LogP contribution in [0.3, 0.4) is 0 Å². The number of hydrogen-bond acceptors (Lipinski definition) is 1. The number of benzene rings is 1. The fourth-order valence-corrected chi connectivity index (χ4v) is 2.19. The van der Waals surface area contributed by atoms with Crippen molar-refractivity contribution in [3.05, 3.63) is 23.3 Å². The molecule has 0 aliphatic heterocycles. The summed E-state index contributed by atoms with van der Waals surface area (Å²) in [6, 6.07) is 4.49. The lowest BCUT2D eigenvalue weighted by Crippen LogP contribution is -2.12. The van der Waals surface area contributed by atoms with Crippen molar-refractivity contribution in [1.29, 1.82) is 0 Å². The highest BCUT2D eigenvalue weighted by Crippen LogP contribution is 2.49. The van der Waals surface area contributed by atoms with E-state index in [9.17, 15) is 0 Å². The Morgan fingerprint density at radius 3 is 1.23 bits per heavy atom. The molecule has 72 valence electrons. The minimum absolute atomic E-state index is 0. The molecule has 0 aromatic heterocycles. The molecule has 0 radical (unpaired) electrons. The summed E-state index contributed by atoms with van der Waals surface area (Å²) in [6.07, 6.45) is 0. The van der Waals surface area contributed by atoms with Gasteiger partial charge in [0.25, 0.3) is 0 Å². The van der Waals surface area contributed by atoms with E-state index in [1.807, 2.05) is 0 Å². The van der Waals surface area contributed by atoms with Crippen molar-refractivity contribution in [2.75, 3.05) is 0 Å². The number of rotatable bonds is 2. The lowest BCUT2D eigenvalue weighted by molar-refractivity contribution is 0.776. The Balaban J connectivity index is 0.000000845. The second-order valence-corrected chi connectivity index (χ2v) is 4.30. The molecule has 0 amide bonds. The maximum absolute atomic E-state index is 2.29. The normalized spacial score (nSPS) is 11.8. The molecule has 0 saturated carbocycles. The maximum Gasteiger partial charge on any atom is -0.0143 e. The van der Waals surface area contributed by atoms with Crippen molar-refractivity contribution in [1.82, 2.24) is 6.15 Å². The van der Waals surface area contributed by atoms with Crippen molar-refractivity contribution in [2.24, 2.45) is 0 Å². The van der Waals surface area contributed by atoms with Crippen molar-refractivity contribution >= 4 is 0 Å². The third kappa shape index (κ3) is 1.19. The molecule has 0 bridgehead atoms. The molecule has 0 unspecified atom stereocenters. The lowest BCUT2D eigenvalue weighted by Gasteiger charge is -2.33. The SMILES string of the molecule is CC(C)c1c2ccc-2c1C(C)C.N. The highest BCUT2D eigenvalue weighted by molar-refractivity contribution is 5.87. The minimum atomic E-state index is 0. The zero-order valence-electron chi connectivity index (χ0n) is 9.02. The number of fused-ring (bicyclic) bond motifs is 1. The summed E-state index contributed by atoms with van der Waals surface area (Å²) in [5.41, 5.74) is 6.30. The molecular weight excluding hydrogens is 158 g/mol. The van der Waals surface area contributed by atoms with Crippen LogP contribution in [-0.2, 0) is 0 Å². The van der Waals surface area contributed by atoms with Gasteiger partial charge in [-0.25, -0.2) is 0 Å². The molecule has 0 heterocycles. The first kappa shape index (κ1) is 10.3. The molecule has 2 aliphatic carbocycles. The van der Waals surface area contributed by atoms with Crippen LogP contribution in [0.25, 0.3) is 11.1 Å². The Morgan fingerprint density at radius 1 is 0.769 bits per heavy atom. The fourth-order valence-electron chi connectivity index (χ4n) is 2.19. The molecular formula is C12H19N. The monoisotopic (exact) mass is 177 g/mol. The smallest absolute Gasteiger partial charge is 0.0143 e. The van der Waals surface area contributed by atoms with Gasteiger partial charge in [0.05, 0.1) is 0 Å². The molecule has 3 N–H and O–H groups in total. The van der Waals surface area contributed by atoms with Crippen LogP contribution in [-0.4, -0.2) is 0 Å². The van der Waals surface area contributed by atoms with E-state index < -0.39 is 0 Å². The Kier molecular flexibility index (Phi) is 2.49. The van der Waals surface area contributed by atoms with E-state index in [1.54, 1.807) is 11.1 Å². The van der Waals surface area contributed by atoms with Gasteiger partial charge in [0, 0.05) is 0 Å². The molecule has 0 fully saturated rings. The Morgan fingerprint density at radius 2 is 1.08 bits per heavy atom. The van der Waals surface area contributed by atoms with Crippen LogP contribution < -0.4 is 6.15 Å². The van der Waals surface area contributed by atoms with Crippen LogP contribution in [0.2, 0.25) is 0 Å². The standard InChI is InChI=1S/C12H16.H3N/c1-7(2)11-9-5-6-10(9)12(11)8(3)4;/h5-8H,1-4H3;1H3. The quantitative estimate of drug-likeness (QED) is 0.737. The van der Waals surface area contributed by atoms with E-state index in [1.165, 1.54) is 11.1 Å². The van der Waals surface area contributed by atoms with E-state index in [0.29, 0.717) is 11.8 Å². The van der Waals surface area contributed by atoms with Gasteiger partial charge in [0.2, 0.25) is 0 Å². The van der Waals surface area contributed by atoms with Crippen LogP contribution >= 0.6 is 0 Å². The molecule has 0 aromatic rings. The summed E-state index contributed by atoms with van der Waals surface area (Å²) >= 11 is 0. The molecule has 1 heteroatoms. The van der Waals surface area contributed by atoms with Gasteiger partial charge >= 0.3 is 0 Å². The highest BCUT2D eigenvalue weighted by Gasteiger charge is 2.28. The first-order chi connectivity index (χ1) is 5.63. The van der Waals surface area contributed by atoms with Crippen molar-refractivity contribution in [3.63, 3.8) is 0 Å². The van der Waals surface area contributed by atoms with Crippen LogP contribution in [0, 0.1) is 0 Å². The Hall–Kier alpha value is -0.820. The largest absolute Gasteiger partial charge is 0.344 e. The number of hydrogen-bond donors (Lipinski definition) is 1. The molecule has 0 atom stereocenters. The Bertz CT molecular complexity index is 291. The fraction of sp³-hybridized carbons (Fsp3) is 0.500. The second kappa shape index (κ2) is 3.15. The van der Waals surface area contributed by atoms with Gasteiger partial charge < -0.3 is 6.15 Å². The summed E-state index contributed by atoms with van der Waals surface area (Å²) in [4.78, 5) is 0.